The van der Waals surface area contributed by atoms with Crippen molar-refractivity contribution in [1.82, 2.24) is 4.98 Å². The Morgan fingerprint density at radius 2 is 1.83 bits per heavy atom. The highest BCUT2D eigenvalue weighted by Gasteiger charge is 1.99. The molecule has 0 aliphatic rings. The molecular formula is C20H21NOS. The van der Waals surface area contributed by atoms with Crippen LogP contribution < -0.4 is 4.74 Å². The van der Waals surface area contributed by atoms with Gasteiger partial charge in [0, 0.05) is 0 Å². The number of unbranched alkanes of at least 4 members (excludes halogenated alkanes) is 2. The molecule has 0 aliphatic carbocycles. The summed E-state index contributed by atoms with van der Waals surface area (Å²) in [5.41, 5.74) is 2.22. The van der Waals surface area contributed by atoms with E-state index in [1.54, 1.807) is 11.3 Å². The average Bonchev–Trinajstić information content (AvgIpc) is 3.01. The Morgan fingerprint density at radius 1 is 1.00 bits per heavy atom. The first-order chi connectivity index (χ1) is 11.3. The fourth-order valence-electron chi connectivity index (χ4n) is 2.35. The molecule has 0 bridgehead atoms. The molecule has 2 aromatic carbocycles. The highest BCUT2D eigenvalue weighted by Crippen LogP contribution is 2.23. The Bertz CT molecular complexity index is 741. The first kappa shape index (κ1) is 15.8. The highest BCUT2D eigenvalue weighted by molar-refractivity contribution is 7.19. The molecule has 0 N–H and O–H groups in total. The molecule has 0 saturated heterocycles. The third kappa shape index (κ3) is 4.42. The van der Waals surface area contributed by atoms with Gasteiger partial charge >= 0.3 is 0 Å². The van der Waals surface area contributed by atoms with Gasteiger partial charge in [0.1, 0.15) is 10.8 Å². The molecule has 0 radical (unpaired) electrons. The molecule has 2 nitrogen and oxygen atoms in total. The van der Waals surface area contributed by atoms with E-state index in [9.17, 15) is 0 Å². The van der Waals surface area contributed by atoms with Crippen molar-refractivity contribution in [3.8, 4) is 5.75 Å². The second-order valence-corrected chi connectivity index (χ2v) is 6.54. The number of hydrogen-bond acceptors (Lipinski definition) is 3. The summed E-state index contributed by atoms with van der Waals surface area (Å²) in [4.78, 5) is 4.61. The molecule has 1 aromatic heterocycles. The number of hydrogen-bond donors (Lipinski definition) is 0. The van der Waals surface area contributed by atoms with Gasteiger partial charge < -0.3 is 4.74 Å². The Hall–Kier alpha value is -2.13. The van der Waals surface area contributed by atoms with Gasteiger partial charge in [0.2, 0.25) is 0 Å². The quantitative estimate of drug-likeness (QED) is 0.495. The number of ether oxygens (including phenoxy) is 1. The van der Waals surface area contributed by atoms with Crippen LogP contribution in [0.1, 0.15) is 36.8 Å². The normalized spacial score (nSPS) is 11.3. The molecule has 0 spiro atoms. The Labute approximate surface area is 141 Å². The highest BCUT2D eigenvalue weighted by atomic mass is 32.1. The van der Waals surface area contributed by atoms with E-state index >= 15 is 0 Å². The SMILES string of the molecule is CCCCCOc1ccc(C=Cc2nc3ccccc3s2)cc1. The van der Waals surface area contributed by atoms with Crippen LogP contribution in [-0.4, -0.2) is 11.6 Å². The molecule has 0 fully saturated rings. The molecule has 1 heterocycles. The Balaban J connectivity index is 1.61. The van der Waals surface area contributed by atoms with Gasteiger partial charge in [-0.25, -0.2) is 4.98 Å². The number of nitrogens with zero attached hydrogens (tertiary/aromatic N) is 1. The Kier molecular flexibility index (Phi) is 5.43. The van der Waals surface area contributed by atoms with Crippen LogP contribution in [0.25, 0.3) is 22.4 Å². The molecule has 3 heteroatoms. The zero-order chi connectivity index (χ0) is 15.9. The molecule has 0 unspecified atom stereocenters. The van der Waals surface area contributed by atoms with Gasteiger partial charge in [-0.1, -0.05) is 50.1 Å². The average molecular weight is 323 g/mol. The Morgan fingerprint density at radius 3 is 2.61 bits per heavy atom. The van der Waals surface area contributed by atoms with Gasteiger partial charge in [-0.3, -0.25) is 0 Å². The fraction of sp³-hybridized carbons (Fsp3) is 0.250. The molecule has 3 aromatic rings. The molecule has 23 heavy (non-hydrogen) atoms. The lowest BCUT2D eigenvalue weighted by molar-refractivity contribution is 0.306. The van der Waals surface area contributed by atoms with Crippen LogP contribution in [0, 0.1) is 0 Å². The molecule has 0 amide bonds. The molecule has 0 saturated carbocycles. The van der Waals surface area contributed by atoms with Crippen molar-refractivity contribution in [2.75, 3.05) is 6.61 Å². The van der Waals surface area contributed by atoms with E-state index in [2.05, 4.69) is 42.3 Å². The number of aromatic nitrogens is 1. The van der Waals surface area contributed by atoms with Crippen molar-refractivity contribution >= 4 is 33.7 Å². The van der Waals surface area contributed by atoms with Crippen molar-refractivity contribution in [2.24, 2.45) is 0 Å². The van der Waals surface area contributed by atoms with Gasteiger partial charge in [-0.15, -0.1) is 11.3 Å². The minimum atomic E-state index is 0.800. The summed E-state index contributed by atoms with van der Waals surface area (Å²) in [6.07, 6.45) is 7.73. The summed E-state index contributed by atoms with van der Waals surface area (Å²) < 4.78 is 6.96. The third-order valence-corrected chi connectivity index (χ3v) is 4.63. The predicted octanol–water partition coefficient (Wildman–Crippen LogP) is 6.04. The molecule has 118 valence electrons. The fourth-order valence-corrected chi connectivity index (χ4v) is 3.22. The van der Waals surface area contributed by atoms with Crippen LogP contribution >= 0.6 is 11.3 Å². The maximum atomic E-state index is 5.73. The van der Waals surface area contributed by atoms with E-state index in [-0.39, 0.29) is 0 Å². The maximum absolute atomic E-state index is 5.73. The van der Waals surface area contributed by atoms with Crippen molar-refractivity contribution in [1.29, 1.82) is 0 Å². The number of rotatable bonds is 7. The zero-order valence-electron chi connectivity index (χ0n) is 13.4. The van der Waals surface area contributed by atoms with E-state index < -0.39 is 0 Å². The summed E-state index contributed by atoms with van der Waals surface area (Å²) >= 11 is 1.71. The van der Waals surface area contributed by atoms with Crippen molar-refractivity contribution < 1.29 is 4.74 Å². The maximum Gasteiger partial charge on any atom is 0.119 e. The lowest BCUT2D eigenvalue weighted by Gasteiger charge is -2.05. The molecule has 0 aliphatic heterocycles. The minimum absolute atomic E-state index is 0.800. The molecular weight excluding hydrogens is 302 g/mol. The number of para-hydroxylation sites is 1. The second kappa shape index (κ2) is 7.93. The third-order valence-electron chi connectivity index (χ3n) is 3.63. The van der Waals surface area contributed by atoms with Gasteiger partial charge in [-0.2, -0.15) is 0 Å². The molecule has 3 rings (SSSR count). The van der Waals surface area contributed by atoms with Crippen LogP contribution in [0.3, 0.4) is 0 Å². The van der Waals surface area contributed by atoms with Crippen LogP contribution in [0.4, 0.5) is 0 Å². The summed E-state index contributed by atoms with van der Waals surface area (Å²) in [5, 5.41) is 1.03. The lowest BCUT2D eigenvalue weighted by Crippen LogP contribution is -1.96. The summed E-state index contributed by atoms with van der Waals surface area (Å²) in [7, 11) is 0. The zero-order valence-corrected chi connectivity index (χ0v) is 14.2. The van der Waals surface area contributed by atoms with E-state index in [4.69, 9.17) is 4.74 Å². The topological polar surface area (TPSA) is 22.1 Å². The van der Waals surface area contributed by atoms with E-state index in [1.807, 2.05) is 30.3 Å². The second-order valence-electron chi connectivity index (χ2n) is 5.48. The summed E-state index contributed by atoms with van der Waals surface area (Å²) in [6.45, 7) is 3.00. The smallest absolute Gasteiger partial charge is 0.119 e. The largest absolute Gasteiger partial charge is 0.494 e. The van der Waals surface area contributed by atoms with Crippen molar-refractivity contribution in [3.05, 3.63) is 59.1 Å². The van der Waals surface area contributed by atoms with Gasteiger partial charge in [0.05, 0.1) is 16.8 Å². The van der Waals surface area contributed by atoms with E-state index in [1.165, 1.54) is 17.5 Å². The molecule has 0 atom stereocenters. The van der Waals surface area contributed by atoms with Crippen molar-refractivity contribution in [2.45, 2.75) is 26.2 Å². The lowest BCUT2D eigenvalue weighted by atomic mass is 10.2. The number of thiazole rings is 1. The monoisotopic (exact) mass is 323 g/mol. The number of benzene rings is 2. The standard InChI is InChI=1S/C20H21NOS/c1-2-3-6-15-22-17-12-9-16(10-13-17)11-14-20-21-18-7-4-5-8-19(18)23-20/h4-5,7-14H,2-3,6,15H2,1H3. The number of fused-ring (bicyclic) bond motifs is 1. The first-order valence-corrected chi connectivity index (χ1v) is 8.93. The predicted molar refractivity (Wildman–Crippen MR) is 100 cm³/mol. The van der Waals surface area contributed by atoms with Crippen molar-refractivity contribution in [3.63, 3.8) is 0 Å². The van der Waals surface area contributed by atoms with Gasteiger partial charge in [0.15, 0.2) is 0 Å². The van der Waals surface area contributed by atoms with Gasteiger partial charge in [0.25, 0.3) is 0 Å². The van der Waals surface area contributed by atoms with Crippen LogP contribution in [0.2, 0.25) is 0 Å². The van der Waals surface area contributed by atoms with Crippen LogP contribution in [0.15, 0.2) is 48.5 Å². The first-order valence-electron chi connectivity index (χ1n) is 8.11. The summed E-state index contributed by atoms with van der Waals surface area (Å²) in [5.74, 6) is 0.943. The van der Waals surface area contributed by atoms with E-state index in [0.29, 0.717) is 0 Å². The summed E-state index contributed by atoms with van der Waals surface area (Å²) in [6, 6.07) is 16.5. The van der Waals surface area contributed by atoms with Crippen LogP contribution in [-0.2, 0) is 0 Å². The van der Waals surface area contributed by atoms with Crippen LogP contribution in [0.5, 0.6) is 5.75 Å². The minimum Gasteiger partial charge on any atom is -0.494 e. The van der Waals surface area contributed by atoms with Gasteiger partial charge in [-0.05, 0) is 42.3 Å². The van der Waals surface area contributed by atoms with E-state index in [0.717, 1.165) is 34.9 Å².